The van der Waals surface area contributed by atoms with E-state index in [0.717, 1.165) is 12.1 Å². The minimum atomic E-state index is -3.70. The second kappa shape index (κ2) is 11.1. The van der Waals surface area contributed by atoms with Crippen LogP contribution in [-0.4, -0.2) is 48.0 Å². The third-order valence-corrected chi connectivity index (χ3v) is 8.17. The van der Waals surface area contributed by atoms with Crippen LogP contribution in [0.2, 0.25) is 0 Å². The normalized spacial score (nSPS) is 18.8. The van der Waals surface area contributed by atoms with Gasteiger partial charge in [0.05, 0.1) is 10.6 Å². The molecule has 2 atom stereocenters. The molecule has 0 bridgehead atoms. The number of piperidine rings is 1. The van der Waals surface area contributed by atoms with E-state index in [1.54, 1.807) is 46.4 Å². The number of likely N-dealkylation sites (N-methyl/N-ethyl adjacent to an activating group) is 1. The summed E-state index contributed by atoms with van der Waals surface area (Å²) in [7, 11) is -3.70. The van der Waals surface area contributed by atoms with Crippen molar-refractivity contribution < 1.29 is 13.2 Å². The molecular formula is C28H31N5O3S. The highest BCUT2D eigenvalue weighted by molar-refractivity contribution is 7.89. The van der Waals surface area contributed by atoms with Crippen molar-refractivity contribution in [2.75, 3.05) is 19.6 Å². The maximum absolute atomic E-state index is 13.6. The number of para-hydroxylation sites is 1. The highest BCUT2D eigenvalue weighted by Gasteiger charge is 2.32. The number of carbonyl (C=O) groups is 1. The molecule has 1 saturated heterocycles. The second-order valence-corrected chi connectivity index (χ2v) is 11.5. The lowest BCUT2D eigenvalue weighted by Crippen LogP contribution is -2.42. The van der Waals surface area contributed by atoms with Crippen molar-refractivity contribution in [1.29, 1.82) is 5.26 Å². The third kappa shape index (κ3) is 5.82. The van der Waals surface area contributed by atoms with Crippen molar-refractivity contribution >= 4 is 22.0 Å². The van der Waals surface area contributed by atoms with Crippen LogP contribution in [0.5, 0.6) is 0 Å². The summed E-state index contributed by atoms with van der Waals surface area (Å²) in [5.74, 6) is 0.102. The first kappa shape index (κ1) is 26.3. The topological polar surface area (TPSA) is 108 Å². The molecule has 0 saturated carbocycles. The molecule has 1 aromatic heterocycles. The molecule has 0 aliphatic carbocycles. The second-order valence-electron chi connectivity index (χ2n) is 9.54. The van der Waals surface area contributed by atoms with Crippen LogP contribution < -0.4 is 5.32 Å². The molecule has 37 heavy (non-hydrogen) atoms. The van der Waals surface area contributed by atoms with Crippen LogP contribution in [0, 0.1) is 23.2 Å². The van der Waals surface area contributed by atoms with E-state index in [-0.39, 0.29) is 10.5 Å². The quantitative estimate of drug-likeness (QED) is 0.372. The number of nitriles is 1. The van der Waals surface area contributed by atoms with E-state index < -0.39 is 15.9 Å². The van der Waals surface area contributed by atoms with Crippen LogP contribution in [0.25, 0.3) is 23.0 Å². The highest BCUT2D eigenvalue weighted by atomic mass is 32.2. The van der Waals surface area contributed by atoms with Crippen molar-refractivity contribution in [3.05, 3.63) is 71.9 Å². The Kier molecular flexibility index (Phi) is 7.91. The van der Waals surface area contributed by atoms with Gasteiger partial charge in [-0.3, -0.25) is 4.79 Å². The molecule has 1 aliphatic heterocycles. The number of aromatic nitrogens is 2. The fraction of sp³-hybridized carbons (Fsp3) is 0.321. The predicted octanol–water partition coefficient (Wildman–Crippen LogP) is 4.25. The highest BCUT2D eigenvalue weighted by Crippen LogP contribution is 2.31. The summed E-state index contributed by atoms with van der Waals surface area (Å²) in [5, 5.41) is 17.0. The Morgan fingerprint density at radius 1 is 1.14 bits per heavy atom. The first-order chi connectivity index (χ1) is 17.7. The number of amides is 1. The zero-order valence-electron chi connectivity index (χ0n) is 21.3. The average molecular weight is 518 g/mol. The van der Waals surface area contributed by atoms with Gasteiger partial charge in [0.2, 0.25) is 10.0 Å². The minimum Gasteiger partial charge on any atom is -0.352 e. The van der Waals surface area contributed by atoms with Gasteiger partial charge in [0.25, 0.3) is 5.91 Å². The van der Waals surface area contributed by atoms with Crippen LogP contribution in [0.15, 0.2) is 71.3 Å². The van der Waals surface area contributed by atoms with E-state index in [4.69, 9.17) is 5.10 Å². The summed E-state index contributed by atoms with van der Waals surface area (Å²) in [6.07, 6.45) is 4.23. The maximum Gasteiger partial charge on any atom is 0.261 e. The molecule has 1 N–H and O–H groups in total. The number of sulfonamides is 1. The van der Waals surface area contributed by atoms with Gasteiger partial charge in [0.1, 0.15) is 17.3 Å². The summed E-state index contributed by atoms with van der Waals surface area (Å²) < 4.78 is 30.3. The van der Waals surface area contributed by atoms with Crippen LogP contribution in [0.3, 0.4) is 0 Å². The molecule has 0 radical (unpaired) electrons. The van der Waals surface area contributed by atoms with E-state index in [0.29, 0.717) is 48.3 Å². The molecule has 3 aromatic rings. The van der Waals surface area contributed by atoms with Crippen LogP contribution >= 0.6 is 0 Å². The van der Waals surface area contributed by atoms with Gasteiger partial charge in [0.15, 0.2) is 0 Å². The Bertz CT molecular complexity index is 1440. The monoisotopic (exact) mass is 517 g/mol. The summed E-state index contributed by atoms with van der Waals surface area (Å²) >= 11 is 0. The van der Waals surface area contributed by atoms with E-state index >= 15 is 0 Å². The average Bonchev–Trinajstić information content (AvgIpc) is 3.31. The number of nitrogens with zero attached hydrogens (tertiary/aromatic N) is 4. The lowest BCUT2D eigenvalue weighted by molar-refractivity contribution is -0.116. The van der Waals surface area contributed by atoms with Gasteiger partial charge >= 0.3 is 0 Å². The van der Waals surface area contributed by atoms with E-state index in [2.05, 4.69) is 19.2 Å². The predicted molar refractivity (Wildman–Crippen MR) is 143 cm³/mol. The molecule has 4 rings (SSSR count). The Morgan fingerprint density at radius 3 is 2.49 bits per heavy atom. The van der Waals surface area contributed by atoms with E-state index in [1.807, 2.05) is 36.4 Å². The Labute approximate surface area is 218 Å². The summed E-state index contributed by atoms with van der Waals surface area (Å²) in [4.78, 5) is 12.6. The number of benzene rings is 2. The molecule has 2 heterocycles. The lowest BCUT2D eigenvalue weighted by Gasteiger charge is -2.34. The van der Waals surface area contributed by atoms with Gasteiger partial charge in [-0.1, -0.05) is 44.2 Å². The van der Waals surface area contributed by atoms with Crippen molar-refractivity contribution in [3.63, 3.8) is 0 Å². The Morgan fingerprint density at radius 2 is 1.84 bits per heavy atom. The summed E-state index contributed by atoms with van der Waals surface area (Å²) in [5.41, 5.74) is 2.31. The molecule has 192 valence electrons. The van der Waals surface area contributed by atoms with Gasteiger partial charge in [-0.15, -0.1) is 0 Å². The van der Waals surface area contributed by atoms with Crippen molar-refractivity contribution in [3.8, 4) is 23.0 Å². The SMILES string of the molecule is CCNC(=O)/C(C#N)=C\c1cn(-c2ccccc2)nc1-c1cccc(S(=O)(=O)N2CC(C)CC(C)C2)c1. The fourth-order valence-corrected chi connectivity index (χ4v) is 6.47. The van der Waals surface area contributed by atoms with E-state index in [9.17, 15) is 18.5 Å². The van der Waals surface area contributed by atoms with Gasteiger partial charge in [0, 0.05) is 37.0 Å². The van der Waals surface area contributed by atoms with Crippen LogP contribution in [0.4, 0.5) is 0 Å². The zero-order valence-corrected chi connectivity index (χ0v) is 22.1. The van der Waals surface area contributed by atoms with Gasteiger partial charge in [-0.25, -0.2) is 13.1 Å². The summed E-state index contributed by atoms with van der Waals surface area (Å²) in [6.45, 7) is 7.30. The first-order valence-corrected chi connectivity index (χ1v) is 13.8. The van der Waals surface area contributed by atoms with Crippen molar-refractivity contribution in [2.45, 2.75) is 32.1 Å². The molecular weight excluding hydrogens is 486 g/mol. The standard InChI is InChI=1S/C28H31N5O3S/c1-4-30-28(34)23(16-29)14-24-19-33(25-10-6-5-7-11-25)31-27(24)22-9-8-12-26(15-22)37(35,36)32-17-20(2)13-21(3)18-32/h5-12,14-15,19-21H,4,13,17-18H2,1-3H3,(H,30,34)/b23-14-. The molecule has 2 unspecified atom stereocenters. The first-order valence-electron chi connectivity index (χ1n) is 12.4. The molecule has 0 spiro atoms. The van der Waals surface area contributed by atoms with Gasteiger partial charge < -0.3 is 5.32 Å². The molecule has 1 fully saturated rings. The molecule has 1 aliphatic rings. The number of nitrogens with one attached hydrogen (secondary N) is 1. The smallest absolute Gasteiger partial charge is 0.261 e. The largest absolute Gasteiger partial charge is 0.352 e. The summed E-state index contributed by atoms with van der Waals surface area (Å²) in [6, 6.07) is 18.1. The van der Waals surface area contributed by atoms with E-state index in [1.165, 1.54) is 6.08 Å². The number of hydrogen-bond acceptors (Lipinski definition) is 5. The van der Waals surface area contributed by atoms with Crippen LogP contribution in [-0.2, 0) is 14.8 Å². The molecule has 2 aromatic carbocycles. The fourth-order valence-electron chi connectivity index (χ4n) is 4.75. The Balaban J connectivity index is 1.81. The number of hydrogen-bond donors (Lipinski definition) is 1. The Hall–Kier alpha value is -3.74. The van der Waals surface area contributed by atoms with Crippen LogP contribution in [0.1, 0.15) is 32.8 Å². The third-order valence-electron chi connectivity index (χ3n) is 6.35. The lowest BCUT2D eigenvalue weighted by atomic mass is 9.94. The van der Waals surface area contributed by atoms with Crippen molar-refractivity contribution in [1.82, 2.24) is 19.4 Å². The van der Waals surface area contributed by atoms with Gasteiger partial charge in [-0.2, -0.15) is 14.7 Å². The zero-order chi connectivity index (χ0) is 26.6. The number of rotatable bonds is 7. The number of carbonyl (C=O) groups excluding carboxylic acids is 1. The van der Waals surface area contributed by atoms with Gasteiger partial charge in [-0.05, 0) is 55.5 Å². The molecule has 9 heteroatoms. The minimum absolute atomic E-state index is 0.0595. The van der Waals surface area contributed by atoms with Crippen molar-refractivity contribution in [2.24, 2.45) is 11.8 Å². The maximum atomic E-state index is 13.6. The molecule has 1 amide bonds. The molecule has 8 nitrogen and oxygen atoms in total.